The highest BCUT2D eigenvalue weighted by atomic mass is 35.5. The summed E-state index contributed by atoms with van der Waals surface area (Å²) in [6, 6.07) is 3.78. The first kappa shape index (κ1) is 12.3. The van der Waals surface area contributed by atoms with Gasteiger partial charge in [0.25, 0.3) is 5.91 Å². The van der Waals surface area contributed by atoms with Crippen LogP contribution in [0.25, 0.3) is 0 Å². The Balaban J connectivity index is 0.00000112. The molecule has 0 saturated carbocycles. The molecule has 1 amide bonds. The predicted molar refractivity (Wildman–Crippen MR) is 64.8 cm³/mol. The van der Waals surface area contributed by atoms with E-state index in [1.54, 1.807) is 5.01 Å². The summed E-state index contributed by atoms with van der Waals surface area (Å²) in [6.45, 7) is 1.71. The van der Waals surface area contributed by atoms with Crippen LogP contribution < -0.4 is 10.7 Å². The first-order chi connectivity index (χ1) is 6.81. The molecule has 15 heavy (non-hydrogen) atoms. The molecule has 4 nitrogen and oxygen atoms in total. The Kier molecular flexibility index (Phi) is 4.38. The highest BCUT2D eigenvalue weighted by Gasteiger charge is 2.20. The number of anilines is 1. The van der Waals surface area contributed by atoms with Gasteiger partial charge in [-0.15, -0.1) is 23.7 Å². The second-order valence-electron chi connectivity index (χ2n) is 3.13. The van der Waals surface area contributed by atoms with Gasteiger partial charge in [-0.2, -0.15) is 0 Å². The van der Waals surface area contributed by atoms with Gasteiger partial charge in [0.15, 0.2) is 0 Å². The smallest absolute Gasteiger partial charge is 0.278 e. The van der Waals surface area contributed by atoms with Crippen molar-refractivity contribution < 1.29 is 4.79 Å². The summed E-state index contributed by atoms with van der Waals surface area (Å²) >= 11 is 1.49. The molecule has 84 valence electrons. The lowest BCUT2D eigenvalue weighted by atomic mass is 10.4. The number of nitrogens with one attached hydrogen (secondary N) is 2. The summed E-state index contributed by atoms with van der Waals surface area (Å²) < 4.78 is 0. The van der Waals surface area contributed by atoms with Crippen molar-refractivity contribution in [3.8, 4) is 0 Å². The monoisotopic (exact) mass is 247 g/mol. The lowest BCUT2D eigenvalue weighted by molar-refractivity contribution is 0.0731. The molecule has 1 aliphatic rings. The molecule has 1 aliphatic heterocycles. The van der Waals surface area contributed by atoms with Gasteiger partial charge in [-0.05, 0) is 18.6 Å². The third-order valence-corrected chi connectivity index (χ3v) is 3.26. The van der Waals surface area contributed by atoms with Crippen molar-refractivity contribution in [2.75, 3.05) is 25.5 Å². The molecule has 0 radical (unpaired) electrons. The fraction of sp³-hybridized carbons (Fsp3) is 0.444. The normalized spacial score (nSPS) is 14.9. The number of hydrazine groups is 1. The summed E-state index contributed by atoms with van der Waals surface area (Å²) in [5, 5.41) is 5.73. The molecular weight excluding hydrogens is 234 g/mol. The zero-order chi connectivity index (χ0) is 9.97. The van der Waals surface area contributed by atoms with E-state index in [1.807, 2.05) is 19.2 Å². The highest BCUT2D eigenvalue weighted by molar-refractivity contribution is 7.17. The molecule has 0 aliphatic carbocycles. The zero-order valence-electron chi connectivity index (χ0n) is 8.45. The van der Waals surface area contributed by atoms with Crippen molar-refractivity contribution in [2.45, 2.75) is 6.42 Å². The van der Waals surface area contributed by atoms with Gasteiger partial charge < -0.3 is 5.32 Å². The van der Waals surface area contributed by atoms with Crippen LogP contribution in [0.2, 0.25) is 0 Å². The molecule has 2 rings (SSSR count). The summed E-state index contributed by atoms with van der Waals surface area (Å²) in [5.41, 5.74) is 3.05. The molecule has 0 spiro atoms. The number of amides is 1. The van der Waals surface area contributed by atoms with Crippen LogP contribution in [0.5, 0.6) is 0 Å². The molecule has 0 unspecified atom stereocenters. The van der Waals surface area contributed by atoms with E-state index < -0.39 is 0 Å². The Morgan fingerprint density at radius 2 is 2.40 bits per heavy atom. The van der Waals surface area contributed by atoms with E-state index in [1.165, 1.54) is 11.3 Å². The SMILES string of the molecule is CNc1ccc(C(=O)N2CCCN2)s1.Cl. The van der Waals surface area contributed by atoms with Crippen molar-refractivity contribution in [3.05, 3.63) is 17.0 Å². The fourth-order valence-electron chi connectivity index (χ4n) is 1.42. The van der Waals surface area contributed by atoms with Crippen LogP contribution in [0.1, 0.15) is 16.1 Å². The standard InChI is InChI=1S/C9H13N3OS.ClH/c1-10-8-4-3-7(14-8)9(13)12-6-2-5-11-12;/h3-4,10-11H,2,5-6H2,1H3;1H. The van der Waals surface area contributed by atoms with E-state index in [4.69, 9.17) is 0 Å². The first-order valence-electron chi connectivity index (χ1n) is 4.64. The van der Waals surface area contributed by atoms with Crippen LogP contribution in [-0.2, 0) is 0 Å². The molecule has 1 saturated heterocycles. The third-order valence-electron chi connectivity index (χ3n) is 2.17. The maximum atomic E-state index is 11.8. The average Bonchev–Trinajstić information content (AvgIpc) is 2.88. The van der Waals surface area contributed by atoms with Crippen LogP contribution in [0.4, 0.5) is 5.00 Å². The number of thiophene rings is 1. The summed E-state index contributed by atoms with van der Waals surface area (Å²) in [7, 11) is 1.86. The number of hydrogen-bond acceptors (Lipinski definition) is 4. The Hall–Kier alpha value is -0.780. The van der Waals surface area contributed by atoms with Gasteiger partial charge in [0.05, 0.1) is 9.88 Å². The lowest BCUT2D eigenvalue weighted by Gasteiger charge is -2.13. The highest BCUT2D eigenvalue weighted by Crippen LogP contribution is 2.22. The van der Waals surface area contributed by atoms with Gasteiger partial charge in [0.2, 0.25) is 0 Å². The minimum absolute atomic E-state index is 0. The van der Waals surface area contributed by atoms with Crippen LogP contribution in [-0.4, -0.2) is 31.1 Å². The number of carbonyl (C=O) groups is 1. The molecule has 2 N–H and O–H groups in total. The zero-order valence-corrected chi connectivity index (χ0v) is 10.1. The van der Waals surface area contributed by atoms with Crippen LogP contribution in [0.15, 0.2) is 12.1 Å². The second kappa shape index (κ2) is 5.34. The van der Waals surface area contributed by atoms with Crippen LogP contribution in [0, 0.1) is 0 Å². The molecule has 0 aromatic carbocycles. The van der Waals surface area contributed by atoms with E-state index in [0.717, 1.165) is 29.4 Å². The first-order valence-corrected chi connectivity index (χ1v) is 5.46. The predicted octanol–water partition coefficient (Wildman–Crippen LogP) is 1.56. The van der Waals surface area contributed by atoms with Crippen LogP contribution >= 0.6 is 23.7 Å². The number of hydrogen-bond donors (Lipinski definition) is 2. The van der Waals surface area contributed by atoms with E-state index in [2.05, 4.69) is 10.7 Å². The molecule has 1 aromatic rings. The maximum absolute atomic E-state index is 11.8. The summed E-state index contributed by atoms with van der Waals surface area (Å²) in [4.78, 5) is 12.6. The van der Waals surface area contributed by atoms with E-state index in [-0.39, 0.29) is 18.3 Å². The molecule has 0 atom stereocenters. The Morgan fingerprint density at radius 3 is 2.93 bits per heavy atom. The van der Waals surface area contributed by atoms with Gasteiger partial charge in [-0.3, -0.25) is 9.80 Å². The minimum atomic E-state index is 0. The van der Waals surface area contributed by atoms with E-state index in [9.17, 15) is 4.79 Å². The Labute approximate surface area is 99.0 Å². The van der Waals surface area contributed by atoms with Gasteiger partial charge in [0.1, 0.15) is 0 Å². The molecule has 1 fully saturated rings. The van der Waals surface area contributed by atoms with Crippen molar-refractivity contribution in [3.63, 3.8) is 0 Å². The molecular formula is C9H14ClN3OS. The lowest BCUT2D eigenvalue weighted by Crippen LogP contribution is -2.36. The molecule has 1 aromatic heterocycles. The summed E-state index contributed by atoms with van der Waals surface area (Å²) in [5.74, 6) is 0.0778. The fourth-order valence-corrected chi connectivity index (χ4v) is 2.23. The Bertz CT molecular complexity index is 336. The quantitative estimate of drug-likeness (QED) is 0.834. The number of rotatable bonds is 2. The third kappa shape index (κ3) is 2.62. The van der Waals surface area contributed by atoms with Crippen LogP contribution in [0.3, 0.4) is 0 Å². The van der Waals surface area contributed by atoms with Gasteiger partial charge in [-0.25, -0.2) is 5.43 Å². The van der Waals surface area contributed by atoms with Gasteiger partial charge in [-0.1, -0.05) is 0 Å². The second-order valence-corrected chi connectivity index (χ2v) is 4.22. The van der Waals surface area contributed by atoms with Crippen molar-refractivity contribution in [1.29, 1.82) is 0 Å². The number of carbonyl (C=O) groups excluding carboxylic acids is 1. The maximum Gasteiger partial charge on any atom is 0.278 e. The number of halogens is 1. The van der Waals surface area contributed by atoms with Gasteiger partial charge in [0, 0.05) is 20.1 Å². The molecule has 6 heteroatoms. The summed E-state index contributed by atoms with van der Waals surface area (Å²) in [6.07, 6.45) is 1.04. The minimum Gasteiger partial charge on any atom is -0.380 e. The average molecular weight is 248 g/mol. The van der Waals surface area contributed by atoms with E-state index >= 15 is 0 Å². The number of nitrogens with zero attached hydrogens (tertiary/aromatic N) is 1. The van der Waals surface area contributed by atoms with E-state index in [0.29, 0.717) is 0 Å². The van der Waals surface area contributed by atoms with Crippen molar-refractivity contribution in [1.82, 2.24) is 10.4 Å². The Morgan fingerprint density at radius 1 is 1.60 bits per heavy atom. The van der Waals surface area contributed by atoms with Gasteiger partial charge >= 0.3 is 0 Å². The van der Waals surface area contributed by atoms with Crippen molar-refractivity contribution >= 4 is 34.7 Å². The molecule has 2 heterocycles. The largest absolute Gasteiger partial charge is 0.380 e. The van der Waals surface area contributed by atoms with Crippen molar-refractivity contribution in [2.24, 2.45) is 0 Å². The topological polar surface area (TPSA) is 44.4 Å². The molecule has 0 bridgehead atoms.